The van der Waals surface area contributed by atoms with Crippen LogP contribution < -0.4 is 20.1 Å². The minimum Gasteiger partial charge on any atom is -0.493 e. The van der Waals surface area contributed by atoms with Gasteiger partial charge in [-0.1, -0.05) is 31.5 Å². The summed E-state index contributed by atoms with van der Waals surface area (Å²) in [5.41, 5.74) is 0.714. The zero-order valence-electron chi connectivity index (χ0n) is 22.6. The Balaban J connectivity index is 1.57. The van der Waals surface area contributed by atoms with Crippen LogP contribution in [0, 0.1) is 11.7 Å². The third kappa shape index (κ3) is 6.25. The monoisotopic (exact) mass is 546 g/mol. The predicted molar refractivity (Wildman–Crippen MR) is 145 cm³/mol. The number of anilines is 2. The van der Waals surface area contributed by atoms with Gasteiger partial charge in [0, 0.05) is 25.8 Å². The van der Waals surface area contributed by atoms with E-state index in [0.29, 0.717) is 53.5 Å². The maximum atomic E-state index is 14.5. The molecule has 3 N–H and O–H groups in total. The number of benzene rings is 2. The first kappa shape index (κ1) is 26.4. The van der Waals surface area contributed by atoms with E-state index in [1.165, 1.54) is 19.5 Å². The topological polar surface area (TPSA) is 109 Å². The Morgan fingerprint density at radius 3 is 2.87 bits per heavy atom. The molecule has 1 aliphatic heterocycles. The van der Waals surface area contributed by atoms with Gasteiger partial charge in [-0.15, -0.1) is 0 Å². The van der Waals surface area contributed by atoms with Gasteiger partial charge in [0.15, 0.2) is 17.3 Å². The average molecular weight is 547 g/mol. The number of carbonyl (C=O) groups is 1. The lowest BCUT2D eigenvalue weighted by atomic mass is 10.0. The molecule has 2 heterocycles. The highest BCUT2D eigenvalue weighted by Gasteiger charge is 2.37. The van der Waals surface area contributed by atoms with Crippen molar-refractivity contribution in [1.29, 1.82) is 0 Å². The first-order valence-electron chi connectivity index (χ1n) is 13.1. The third-order valence-corrected chi connectivity index (χ3v) is 6.70. The van der Waals surface area contributed by atoms with Crippen LogP contribution in [0.4, 0.5) is 15.9 Å². The molecule has 0 saturated carbocycles. The van der Waals surface area contributed by atoms with Crippen molar-refractivity contribution in [3.63, 3.8) is 0 Å². The summed E-state index contributed by atoms with van der Waals surface area (Å²) in [6.07, 6.45) is 1.97. The Hall–Kier alpha value is -3.21. The number of hydrogen-bond donors (Lipinski definition) is 3. The number of likely N-dealkylation sites (N-methyl/N-ethyl adjacent to an activating group) is 1. The van der Waals surface area contributed by atoms with Crippen LogP contribution in [0.25, 0.3) is 10.9 Å². The number of aliphatic hydroxyl groups is 1. The Bertz CT molecular complexity index is 1320. The van der Waals surface area contributed by atoms with Gasteiger partial charge in [0.1, 0.15) is 18.2 Å². The van der Waals surface area contributed by atoms with Gasteiger partial charge in [-0.2, -0.15) is 0 Å². The first-order valence-corrected chi connectivity index (χ1v) is 12.8. The fourth-order valence-electron chi connectivity index (χ4n) is 4.59. The quantitative estimate of drug-likeness (QED) is 0.348. The van der Waals surface area contributed by atoms with Crippen molar-refractivity contribution in [1.82, 2.24) is 20.2 Å². The van der Waals surface area contributed by atoms with E-state index in [0.717, 1.165) is 0 Å². The number of ether oxygens (including phenoxy) is 2. The number of rotatable bonds is 10. The van der Waals surface area contributed by atoms with Crippen LogP contribution in [-0.4, -0.2) is 71.4 Å². The maximum absolute atomic E-state index is 14.5. The molecule has 3 atom stereocenters. The Kier molecular flexibility index (Phi) is 8.41. The minimum absolute atomic E-state index is 0.0164. The Morgan fingerprint density at radius 1 is 1.34 bits per heavy atom. The molecule has 2 aromatic carbocycles. The molecule has 0 bridgehead atoms. The number of fused-ring (bicyclic) bond motifs is 1. The highest BCUT2D eigenvalue weighted by molar-refractivity contribution is 6.31. The predicted octanol–water partition coefficient (Wildman–Crippen LogP) is 4.15. The number of likely N-dealkylation sites (tertiary alicyclic amines) is 1. The number of carbonyl (C=O) groups excluding carboxylic acids is 1. The Morgan fingerprint density at radius 2 is 2.16 bits per heavy atom. The molecule has 0 radical (unpaired) electrons. The standard InChI is InChI=1S/C27H33ClFN5O4/c1-15(2)8-16(13-35)32-27(36)22-9-17(12-34(22)3)38-24-10-18-21(11-23(24)37-4)30-14-31-26(18)33-20-7-5-6-19(28)25(20)29/h5-7,10-11,14-17,22,35H,8-9,12-13H2,1-4H3,(H,32,36)(H,30,31,33)/t16-,17-,22-/m0/s1/i3D. The summed E-state index contributed by atoms with van der Waals surface area (Å²) in [6.45, 7) is 4.27. The molecule has 38 heavy (non-hydrogen) atoms. The summed E-state index contributed by atoms with van der Waals surface area (Å²) in [4.78, 5) is 23.4. The summed E-state index contributed by atoms with van der Waals surface area (Å²) in [5, 5.41) is 16.1. The number of halogens is 2. The second kappa shape index (κ2) is 12.1. The molecule has 1 fully saturated rings. The lowest BCUT2D eigenvalue weighted by Gasteiger charge is -2.23. The number of hydrogen-bond acceptors (Lipinski definition) is 8. The van der Waals surface area contributed by atoms with E-state index < -0.39 is 18.0 Å². The highest BCUT2D eigenvalue weighted by atomic mass is 35.5. The van der Waals surface area contributed by atoms with E-state index in [2.05, 4.69) is 20.6 Å². The number of nitrogens with one attached hydrogen (secondary N) is 2. The van der Waals surface area contributed by atoms with Gasteiger partial charge in [0.2, 0.25) is 5.91 Å². The van der Waals surface area contributed by atoms with E-state index >= 15 is 0 Å². The zero-order valence-corrected chi connectivity index (χ0v) is 22.3. The maximum Gasteiger partial charge on any atom is 0.237 e. The molecular weight excluding hydrogens is 513 g/mol. The van der Waals surface area contributed by atoms with E-state index in [4.69, 9.17) is 22.4 Å². The number of aromatic nitrogens is 2. The smallest absolute Gasteiger partial charge is 0.237 e. The molecule has 1 saturated heterocycles. The SMILES string of the molecule is [2H]CN1C[C@@H](Oc2cc3c(Nc4cccc(Cl)c4F)ncnc3cc2OC)C[C@H]1C(=O)N[C@H](CO)CC(C)C. The molecule has 0 spiro atoms. The van der Waals surface area contributed by atoms with Crippen LogP contribution in [0.5, 0.6) is 11.5 Å². The fraction of sp³-hybridized carbons (Fsp3) is 0.444. The average Bonchev–Trinajstić information content (AvgIpc) is 3.33. The van der Waals surface area contributed by atoms with Crippen LogP contribution in [-0.2, 0) is 4.79 Å². The van der Waals surface area contributed by atoms with Crippen molar-refractivity contribution in [2.24, 2.45) is 5.92 Å². The van der Waals surface area contributed by atoms with Crippen LogP contribution in [0.15, 0.2) is 36.7 Å². The Labute approximate surface area is 227 Å². The minimum atomic E-state index is -0.599. The van der Waals surface area contributed by atoms with Crippen molar-refractivity contribution < 1.29 is 25.1 Å². The van der Waals surface area contributed by atoms with Gasteiger partial charge in [0.25, 0.3) is 0 Å². The molecule has 0 aliphatic carbocycles. The van der Waals surface area contributed by atoms with E-state index in [9.17, 15) is 14.3 Å². The lowest BCUT2D eigenvalue weighted by molar-refractivity contribution is -0.126. The largest absolute Gasteiger partial charge is 0.493 e. The van der Waals surface area contributed by atoms with Gasteiger partial charge in [-0.3, -0.25) is 9.69 Å². The van der Waals surface area contributed by atoms with Crippen molar-refractivity contribution >= 4 is 39.9 Å². The normalized spacial score (nSPS) is 18.9. The van der Waals surface area contributed by atoms with Crippen molar-refractivity contribution in [2.75, 3.05) is 32.6 Å². The summed E-state index contributed by atoms with van der Waals surface area (Å²) in [5.74, 6) is 0.668. The van der Waals surface area contributed by atoms with Crippen molar-refractivity contribution in [2.45, 2.75) is 44.9 Å². The number of amides is 1. The number of nitrogens with zero attached hydrogens (tertiary/aromatic N) is 3. The van der Waals surface area contributed by atoms with E-state index in [1.54, 1.807) is 29.2 Å². The molecule has 1 aliphatic rings. The molecule has 1 amide bonds. The lowest BCUT2D eigenvalue weighted by Crippen LogP contribution is -2.47. The first-order chi connectivity index (χ1) is 18.7. The molecule has 11 heteroatoms. The molecule has 1 aromatic heterocycles. The van der Waals surface area contributed by atoms with Gasteiger partial charge in [-0.05, 0) is 37.6 Å². The molecule has 9 nitrogen and oxygen atoms in total. The second-order valence-electron chi connectivity index (χ2n) is 9.75. The molecule has 3 aromatic rings. The van der Waals surface area contributed by atoms with E-state index in [1.807, 2.05) is 13.8 Å². The second-order valence-corrected chi connectivity index (χ2v) is 10.2. The van der Waals surface area contributed by atoms with Crippen molar-refractivity contribution in [3.05, 3.63) is 47.5 Å². The fourth-order valence-corrected chi connectivity index (χ4v) is 4.76. The van der Waals surface area contributed by atoms with Crippen LogP contribution in [0.1, 0.15) is 28.1 Å². The van der Waals surface area contributed by atoms with Crippen LogP contribution in [0.2, 0.25) is 5.02 Å². The van der Waals surface area contributed by atoms with E-state index in [-0.39, 0.29) is 36.3 Å². The summed E-state index contributed by atoms with van der Waals surface area (Å²) in [6, 6.07) is 7.14. The van der Waals surface area contributed by atoms with Crippen LogP contribution in [0.3, 0.4) is 0 Å². The van der Waals surface area contributed by atoms with Gasteiger partial charge in [-0.25, -0.2) is 14.4 Å². The van der Waals surface area contributed by atoms with Crippen molar-refractivity contribution in [3.8, 4) is 11.5 Å². The third-order valence-electron chi connectivity index (χ3n) is 6.41. The van der Waals surface area contributed by atoms with Crippen LogP contribution >= 0.6 is 11.6 Å². The summed E-state index contributed by atoms with van der Waals surface area (Å²) in [7, 11) is 1.44. The molecule has 4 rings (SSSR count). The molecule has 0 unspecified atom stereocenters. The highest BCUT2D eigenvalue weighted by Crippen LogP contribution is 2.37. The summed E-state index contributed by atoms with van der Waals surface area (Å²) < 4.78 is 34.3. The zero-order chi connectivity index (χ0) is 28.1. The van der Waals surface area contributed by atoms with Gasteiger partial charge >= 0.3 is 0 Å². The van der Waals surface area contributed by atoms with Gasteiger partial charge in [0.05, 0.1) is 42.0 Å². The van der Waals surface area contributed by atoms with Gasteiger partial charge < -0.3 is 25.2 Å². The molecular formula is C27H33ClFN5O4. The summed E-state index contributed by atoms with van der Waals surface area (Å²) >= 11 is 5.93. The number of methoxy groups -OCH3 is 1. The number of aliphatic hydroxyl groups excluding tert-OH is 1. The molecule has 204 valence electrons.